The highest BCUT2D eigenvalue weighted by Crippen LogP contribution is 2.24. The Morgan fingerprint density at radius 2 is 1.44 bits per heavy atom. The second kappa shape index (κ2) is 7.12. The van der Waals surface area contributed by atoms with E-state index in [1.54, 1.807) is 11.4 Å². The number of rotatable bonds is 4. The minimum absolute atomic E-state index is 0.00321. The molecule has 0 bridgehead atoms. The predicted octanol–water partition coefficient (Wildman–Crippen LogP) is 1.97. The first-order chi connectivity index (χ1) is 11.8. The van der Waals surface area contributed by atoms with Crippen LogP contribution < -0.4 is 0 Å². The standard InChI is InChI=1S/C15H17FN2O4S3/c16-13-4-6-14(7-5-13)24(19,20)17-8-2-9-18(11-10-17)25(21,22)15-3-1-12-23-15/h1,3-7,12H,2,8-11H2. The summed E-state index contributed by atoms with van der Waals surface area (Å²) in [6.45, 7) is 0.622. The number of benzene rings is 1. The predicted molar refractivity (Wildman–Crippen MR) is 92.9 cm³/mol. The van der Waals surface area contributed by atoms with Crippen LogP contribution in [-0.2, 0) is 20.0 Å². The highest BCUT2D eigenvalue weighted by Gasteiger charge is 2.32. The topological polar surface area (TPSA) is 74.8 Å². The van der Waals surface area contributed by atoms with E-state index in [1.165, 1.54) is 26.8 Å². The van der Waals surface area contributed by atoms with Crippen LogP contribution in [0.1, 0.15) is 6.42 Å². The lowest BCUT2D eigenvalue weighted by Crippen LogP contribution is -2.37. The largest absolute Gasteiger partial charge is 0.252 e. The number of hydrogen-bond donors (Lipinski definition) is 0. The molecular formula is C15H17FN2O4S3. The van der Waals surface area contributed by atoms with Crippen molar-refractivity contribution in [3.8, 4) is 0 Å². The van der Waals surface area contributed by atoms with Crippen molar-refractivity contribution in [3.63, 3.8) is 0 Å². The van der Waals surface area contributed by atoms with Crippen LogP contribution in [0.5, 0.6) is 0 Å². The third kappa shape index (κ3) is 3.77. The van der Waals surface area contributed by atoms with Crippen LogP contribution in [-0.4, -0.2) is 51.6 Å². The maximum absolute atomic E-state index is 13.0. The van der Waals surface area contributed by atoms with Gasteiger partial charge < -0.3 is 0 Å². The maximum atomic E-state index is 13.0. The van der Waals surface area contributed by atoms with Crippen molar-refractivity contribution in [3.05, 3.63) is 47.6 Å². The molecule has 0 atom stereocenters. The van der Waals surface area contributed by atoms with Crippen molar-refractivity contribution in [1.29, 1.82) is 0 Å². The Labute approximate surface area is 150 Å². The van der Waals surface area contributed by atoms with Gasteiger partial charge in [0.1, 0.15) is 10.0 Å². The third-order valence-electron chi connectivity index (χ3n) is 3.95. The molecule has 0 unspecified atom stereocenters. The van der Waals surface area contributed by atoms with Gasteiger partial charge in [-0.1, -0.05) is 6.07 Å². The normalized spacial score (nSPS) is 18.1. The molecule has 1 saturated heterocycles. The second-order valence-electron chi connectivity index (χ2n) is 5.55. The van der Waals surface area contributed by atoms with Gasteiger partial charge in [-0.2, -0.15) is 8.61 Å². The first-order valence-electron chi connectivity index (χ1n) is 7.61. The average molecular weight is 405 g/mol. The molecule has 0 amide bonds. The number of halogens is 1. The molecule has 2 heterocycles. The van der Waals surface area contributed by atoms with E-state index in [-0.39, 0.29) is 35.3 Å². The van der Waals surface area contributed by atoms with Gasteiger partial charge in [-0.25, -0.2) is 21.2 Å². The van der Waals surface area contributed by atoms with E-state index in [2.05, 4.69) is 0 Å². The average Bonchev–Trinajstić information content (AvgIpc) is 3.00. The number of nitrogens with zero attached hydrogens (tertiary/aromatic N) is 2. The molecule has 1 aromatic heterocycles. The summed E-state index contributed by atoms with van der Waals surface area (Å²) < 4.78 is 66.4. The van der Waals surface area contributed by atoms with E-state index < -0.39 is 25.9 Å². The Morgan fingerprint density at radius 3 is 2.00 bits per heavy atom. The first-order valence-corrected chi connectivity index (χ1v) is 11.4. The van der Waals surface area contributed by atoms with Crippen LogP contribution >= 0.6 is 11.3 Å². The van der Waals surface area contributed by atoms with E-state index >= 15 is 0 Å². The summed E-state index contributed by atoms with van der Waals surface area (Å²) in [4.78, 5) is 0.00321. The quantitative estimate of drug-likeness (QED) is 0.781. The summed E-state index contributed by atoms with van der Waals surface area (Å²) in [5, 5.41) is 1.69. The first kappa shape index (κ1) is 18.5. The molecule has 0 N–H and O–H groups in total. The fourth-order valence-corrected chi connectivity index (χ4v) is 6.73. The van der Waals surface area contributed by atoms with Gasteiger partial charge in [-0.15, -0.1) is 11.3 Å². The van der Waals surface area contributed by atoms with Crippen molar-refractivity contribution in [2.75, 3.05) is 26.2 Å². The van der Waals surface area contributed by atoms with Crippen LogP contribution in [0.25, 0.3) is 0 Å². The van der Waals surface area contributed by atoms with Gasteiger partial charge in [0.15, 0.2) is 0 Å². The summed E-state index contributed by atoms with van der Waals surface area (Å²) in [7, 11) is -7.38. The molecule has 3 rings (SSSR count). The Morgan fingerprint density at radius 1 is 0.840 bits per heavy atom. The van der Waals surface area contributed by atoms with E-state index in [4.69, 9.17) is 0 Å². The lowest BCUT2D eigenvalue weighted by molar-refractivity contribution is 0.405. The van der Waals surface area contributed by atoms with Crippen molar-refractivity contribution in [2.24, 2.45) is 0 Å². The maximum Gasteiger partial charge on any atom is 0.252 e. The molecule has 1 aliphatic heterocycles. The Bertz CT molecular complexity index is 926. The van der Waals surface area contributed by atoms with Crippen molar-refractivity contribution in [2.45, 2.75) is 15.5 Å². The Balaban J connectivity index is 1.79. The van der Waals surface area contributed by atoms with Crippen LogP contribution in [0.3, 0.4) is 0 Å². The minimum Gasteiger partial charge on any atom is -0.207 e. The zero-order valence-corrected chi connectivity index (χ0v) is 15.7. The SMILES string of the molecule is O=S(=O)(c1ccc(F)cc1)N1CCCN(S(=O)(=O)c2cccs2)CC1. The van der Waals surface area contributed by atoms with Crippen LogP contribution in [0, 0.1) is 5.82 Å². The highest BCUT2D eigenvalue weighted by molar-refractivity contribution is 7.91. The van der Waals surface area contributed by atoms with Crippen molar-refractivity contribution < 1.29 is 21.2 Å². The molecule has 25 heavy (non-hydrogen) atoms. The van der Waals surface area contributed by atoms with Crippen molar-refractivity contribution >= 4 is 31.4 Å². The minimum atomic E-state index is -3.78. The summed E-state index contributed by atoms with van der Waals surface area (Å²) in [6, 6.07) is 7.83. The van der Waals surface area contributed by atoms with E-state index in [1.807, 2.05) is 0 Å². The molecule has 1 aliphatic rings. The van der Waals surface area contributed by atoms with Gasteiger partial charge in [-0.05, 0) is 42.1 Å². The molecule has 0 spiro atoms. The highest BCUT2D eigenvalue weighted by atomic mass is 32.2. The fourth-order valence-electron chi connectivity index (χ4n) is 2.64. The van der Waals surface area contributed by atoms with Gasteiger partial charge in [0.2, 0.25) is 10.0 Å². The molecule has 1 aromatic carbocycles. The van der Waals surface area contributed by atoms with E-state index in [0.717, 1.165) is 23.5 Å². The molecule has 1 fully saturated rings. The van der Waals surface area contributed by atoms with E-state index in [9.17, 15) is 21.2 Å². The van der Waals surface area contributed by atoms with Gasteiger partial charge in [-0.3, -0.25) is 0 Å². The van der Waals surface area contributed by atoms with Gasteiger partial charge >= 0.3 is 0 Å². The summed E-state index contributed by atoms with van der Waals surface area (Å²) in [5.41, 5.74) is 0. The molecule has 0 radical (unpaired) electrons. The van der Waals surface area contributed by atoms with Crippen LogP contribution in [0.15, 0.2) is 50.9 Å². The molecule has 6 nitrogen and oxygen atoms in total. The van der Waals surface area contributed by atoms with Gasteiger partial charge in [0, 0.05) is 26.2 Å². The van der Waals surface area contributed by atoms with Crippen molar-refractivity contribution in [1.82, 2.24) is 8.61 Å². The van der Waals surface area contributed by atoms with E-state index in [0.29, 0.717) is 6.42 Å². The summed E-state index contributed by atoms with van der Waals surface area (Å²) >= 11 is 1.14. The fraction of sp³-hybridized carbons (Fsp3) is 0.333. The Kier molecular flexibility index (Phi) is 5.26. The zero-order chi connectivity index (χ0) is 18.1. The molecule has 136 valence electrons. The van der Waals surface area contributed by atoms with Crippen LogP contribution in [0.2, 0.25) is 0 Å². The Hall–Kier alpha value is -1.33. The molecule has 0 saturated carbocycles. The number of sulfonamides is 2. The molecule has 2 aromatic rings. The third-order valence-corrected chi connectivity index (χ3v) is 9.14. The lowest BCUT2D eigenvalue weighted by atomic mass is 10.4. The lowest BCUT2D eigenvalue weighted by Gasteiger charge is -2.21. The molecule has 10 heteroatoms. The van der Waals surface area contributed by atoms with Gasteiger partial charge in [0.25, 0.3) is 10.0 Å². The monoisotopic (exact) mass is 404 g/mol. The smallest absolute Gasteiger partial charge is 0.207 e. The summed E-state index contributed by atoms with van der Waals surface area (Å²) in [6.07, 6.45) is 0.394. The number of hydrogen-bond acceptors (Lipinski definition) is 5. The number of thiophene rings is 1. The summed E-state index contributed by atoms with van der Waals surface area (Å²) in [5.74, 6) is -0.511. The molecular weight excluding hydrogens is 387 g/mol. The van der Waals surface area contributed by atoms with Crippen LogP contribution in [0.4, 0.5) is 4.39 Å². The van der Waals surface area contributed by atoms with Gasteiger partial charge in [0.05, 0.1) is 4.90 Å². The zero-order valence-electron chi connectivity index (χ0n) is 13.2. The second-order valence-corrected chi connectivity index (χ2v) is 10.6. The molecule has 0 aliphatic carbocycles.